The Kier molecular flexibility index (Phi) is 3.52. The standard InChI is InChI=1S/C14H21NO2S/c1-14(2,3)12-4-6-13(7-5-12)18(16,17)10-11-8-15-9-11/h4-7,11,15H,8-10H2,1-3H3. The fourth-order valence-corrected chi connectivity index (χ4v) is 3.63. The molecule has 1 aromatic carbocycles. The molecule has 0 amide bonds. The summed E-state index contributed by atoms with van der Waals surface area (Å²) in [6.07, 6.45) is 0. The number of nitrogens with one attached hydrogen (secondary N) is 1. The summed E-state index contributed by atoms with van der Waals surface area (Å²) in [5.41, 5.74) is 1.21. The number of hydrogen-bond acceptors (Lipinski definition) is 3. The van der Waals surface area contributed by atoms with E-state index in [9.17, 15) is 8.42 Å². The van der Waals surface area contributed by atoms with Crippen molar-refractivity contribution in [3.8, 4) is 0 Å². The van der Waals surface area contributed by atoms with Crippen molar-refractivity contribution in [2.24, 2.45) is 5.92 Å². The summed E-state index contributed by atoms with van der Waals surface area (Å²) < 4.78 is 24.3. The van der Waals surface area contributed by atoms with E-state index in [-0.39, 0.29) is 17.1 Å². The molecule has 1 aliphatic heterocycles. The predicted molar refractivity (Wildman–Crippen MR) is 73.6 cm³/mol. The SMILES string of the molecule is CC(C)(C)c1ccc(S(=O)(=O)CC2CNC2)cc1. The van der Waals surface area contributed by atoms with Crippen molar-refractivity contribution in [1.82, 2.24) is 5.32 Å². The van der Waals surface area contributed by atoms with Crippen molar-refractivity contribution < 1.29 is 8.42 Å². The summed E-state index contributed by atoms with van der Waals surface area (Å²) >= 11 is 0. The molecule has 0 aliphatic carbocycles. The molecule has 1 saturated heterocycles. The average molecular weight is 267 g/mol. The molecule has 0 aromatic heterocycles. The maximum Gasteiger partial charge on any atom is 0.178 e. The Labute approximate surface area is 110 Å². The Morgan fingerprint density at radius 2 is 1.72 bits per heavy atom. The van der Waals surface area contributed by atoms with Crippen LogP contribution in [0, 0.1) is 5.92 Å². The van der Waals surface area contributed by atoms with Gasteiger partial charge in [0.15, 0.2) is 9.84 Å². The molecule has 0 atom stereocenters. The van der Waals surface area contributed by atoms with Crippen molar-refractivity contribution in [2.75, 3.05) is 18.8 Å². The van der Waals surface area contributed by atoms with E-state index >= 15 is 0 Å². The van der Waals surface area contributed by atoms with E-state index in [2.05, 4.69) is 26.1 Å². The predicted octanol–water partition coefficient (Wildman–Crippen LogP) is 1.98. The van der Waals surface area contributed by atoms with Crippen LogP contribution >= 0.6 is 0 Å². The molecule has 3 nitrogen and oxygen atoms in total. The molecular weight excluding hydrogens is 246 g/mol. The van der Waals surface area contributed by atoms with Crippen LogP contribution in [-0.2, 0) is 15.3 Å². The van der Waals surface area contributed by atoms with Crippen LogP contribution in [0.4, 0.5) is 0 Å². The normalized spacial score (nSPS) is 17.5. The average Bonchev–Trinajstić information content (AvgIpc) is 2.23. The van der Waals surface area contributed by atoms with E-state index in [1.54, 1.807) is 12.1 Å². The zero-order valence-electron chi connectivity index (χ0n) is 11.2. The first-order valence-electron chi connectivity index (χ1n) is 6.33. The van der Waals surface area contributed by atoms with Crippen LogP contribution in [0.3, 0.4) is 0 Å². The lowest BCUT2D eigenvalue weighted by Gasteiger charge is -2.26. The van der Waals surface area contributed by atoms with Gasteiger partial charge in [-0.05, 0) is 29.0 Å². The van der Waals surface area contributed by atoms with Crippen molar-refractivity contribution in [1.29, 1.82) is 0 Å². The van der Waals surface area contributed by atoms with Crippen LogP contribution in [0.1, 0.15) is 26.3 Å². The minimum absolute atomic E-state index is 0.0557. The summed E-state index contributed by atoms with van der Waals surface area (Å²) in [6, 6.07) is 7.32. The molecule has 1 heterocycles. The molecular formula is C14H21NO2S. The van der Waals surface area contributed by atoms with Crippen LogP contribution in [0.2, 0.25) is 0 Å². The molecule has 4 heteroatoms. The third-order valence-electron chi connectivity index (χ3n) is 3.40. The van der Waals surface area contributed by atoms with Gasteiger partial charge < -0.3 is 5.32 Å². The van der Waals surface area contributed by atoms with Gasteiger partial charge in [-0.15, -0.1) is 0 Å². The number of sulfone groups is 1. The molecule has 0 radical (unpaired) electrons. The van der Waals surface area contributed by atoms with Crippen LogP contribution in [-0.4, -0.2) is 27.3 Å². The van der Waals surface area contributed by atoms with E-state index in [4.69, 9.17) is 0 Å². The van der Waals surface area contributed by atoms with Gasteiger partial charge in [-0.3, -0.25) is 0 Å². The first-order valence-corrected chi connectivity index (χ1v) is 7.98. The minimum Gasteiger partial charge on any atom is -0.316 e. The van der Waals surface area contributed by atoms with Crippen LogP contribution in [0.15, 0.2) is 29.2 Å². The van der Waals surface area contributed by atoms with Crippen LogP contribution in [0.5, 0.6) is 0 Å². The highest BCUT2D eigenvalue weighted by molar-refractivity contribution is 7.91. The Hall–Kier alpha value is -0.870. The van der Waals surface area contributed by atoms with E-state index in [1.165, 1.54) is 0 Å². The largest absolute Gasteiger partial charge is 0.316 e. The molecule has 100 valence electrons. The molecule has 18 heavy (non-hydrogen) atoms. The van der Waals surface area contributed by atoms with Crippen LogP contribution < -0.4 is 5.32 Å². The van der Waals surface area contributed by atoms with Crippen molar-refractivity contribution in [3.05, 3.63) is 29.8 Å². The Morgan fingerprint density at radius 1 is 1.17 bits per heavy atom. The number of benzene rings is 1. The molecule has 1 aromatic rings. The summed E-state index contributed by atoms with van der Waals surface area (Å²) in [4.78, 5) is 0.447. The van der Waals surface area contributed by atoms with Gasteiger partial charge in [0.05, 0.1) is 10.6 Å². The lowest BCUT2D eigenvalue weighted by atomic mass is 9.87. The second kappa shape index (κ2) is 4.67. The molecule has 2 rings (SSSR count). The van der Waals surface area contributed by atoms with Gasteiger partial charge in [0, 0.05) is 13.1 Å². The first kappa shape index (κ1) is 13.6. The third kappa shape index (κ3) is 2.93. The van der Waals surface area contributed by atoms with E-state index in [1.807, 2.05) is 12.1 Å². The van der Waals surface area contributed by atoms with Crippen molar-refractivity contribution in [2.45, 2.75) is 31.1 Å². The Bertz CT molecular complexity index is 508. The molecule has 1 fully saturated rings. The van der Waals surface area contributed by atoms with Gasteiger partial charge in [0.2, 0.25) is 0 Å². The molecule has 1 aliphatic rings. The second-order valence-corrected chi connectivity index (χ2v) is 8.11. The topological polar surface area (TPSA) is 46.2 Å². The molecule has 0 saturated carbocycles. The third-order valence-corrected chi connectivity index (χ3v) is 5.30. The summed E-state index contributed by atoms with van der Waals surface area (Å²) in [5, 5.41) is 3.10. The lowest BCUT2D eigenvalue weighted by Crippen LogP contribution is -2.45. The smallest absolute Gasteiger partial charge is 0.178 e. The monoisotopic (exact) mass is 267 g/mol. The fourth-order valence-electron chi connectivity index (χ4n) is 2.04. The number of rotatable bonds is 3. The van der Waals surface area contributed by atoms with Gasteiger partial charge in [0.25, 0.3) is 0 Å². The number of hydrogen-bond donors (Lipinski definition) is 1. The van der Waals surface area contributed by atoms with Gasteiger partial charge in [-0.2, -0.15) is 0 Å². The highest BCUT2D eigenvalue weighted by Gasteiger charge is 2.25. The summed E-state index contributed by atoms with van der Waals surface area (Å²) in [6.45, 7) is 8.00. The van der Waals surface area contributed by atoms with E-state index in [0.717, 1.165) is 18.7 Å². The minimum atomic E-state index is -3.12. The Balaban J connectivity index is 2.18. The zero-order valence-corrected chi connectivity index (χ0v) is 12.0. The van der Waals surface area contributed by atoms with Gasteiger partial charge >= 0.3 is 0 Å². The lowest BCUT2D eigenvalue weighted by molar-refractivity contribution is 0.378. The van der Waals surface area contributed by atoms with Gasteiger partial charge in [0.1, 0.15) is 0 Å². The zero-order chi connectivity index (χ0) is 13.4. The summed E-state index contributed by atoms with van der Waals surface area (Å²) in [7, 11) is -3.12. The van der Waals surface area contributed by atoms with E-state index in [0.29, 0.717) is 4.90 Å². The first-order chi connectivity index (χ1) is 8.29. The summed E-state index contributed by atoms with van der Waals surface area (Å²) in [5.74, 6) is 0.534. The highest BCUT2D eigenvalue weighted by atomic mass is 32.2. The van der Waals surface area contributed by atoms with Gasteiger partial charge in [-0.1, -0.05) is 32.9 Å². The van der Waals surface area contributed by atoms with Gasteiger partial charge in [-0.25, -0.2) is 8.42 Å². The quantitative estimate of drug-likeness (QED) is 0.911. The van der Waals surface area contributed by atoms with Crippen molar-refractivity contribution >= 4 is 9.84 Å². The molecule has 0 spiro atoms. The second-order valence-electron chi connectivity index (χ2n) is 6.08. The van der Waals surface area contributed by atoms with E-state index < -0.39 is 9.84 Å². The Morgan fingerprint density at radius 3 is 2.11 bits per heavy atom. The van der Waals surface area contributed by atoms with Crippen LogP contribution in [0.25, 0.3) is 0 Å². The highest BCUT2D eigenvalue weighted by Crippen LogP contribution is 2.24. The van der Waals surface area contributed by atoms with Crippen molar-refractivity contribution in [3.63, 3.8) is 0 Å². The fraction of sp³-hybridized carbons (Fsp3) is 0.571. The maximum absolute atomic E-state index is 12.2. The molecule has 0 bridgehead atoms. The molecule has 1 N–H and O–H groups in total. The maximum atomic E-state index is 12.2. The molecule has 0 unspecified atom stereocenters.